The Bertz CT molecular complexity index is 591. The number of aromatic nitrogens is 1. The van der Waals surface area contributed by atoms with E-state index in [0.717, 1.165) is 22.3 Å². The van der Waals surface area contributed by atoms with Gasteiger partial charge in [0.25, 0.3) is 0 Å². The molecule has 3 rings (SSSR count). The van der Waals surface area contributed by atoms with Gasteiger partial charge in [-0.15, -0.1) is 0 Å². The first-order valence-corrected chi connectivity index (χ1v) is 6.67. The molecule has 0 radical (unpaired) electrons. The molecule has 2 nitrogen and oxygen atoms in total. The molecule has 1 saturated carbocycles. The Labute approximate surface area is 112 Å². The molecule has 0 saturated heterocycles. The highest BCUT2D eigenvalue weighted by Crippen LogP contribution is 2.25. The van der Waals surface area contributed by atoms with Gasteiger partial charge in [-0.25, -0.2) is 4.39 Å². The van der Waals surface area contributed by atoms with Crippen LogP contribution in [0.1, 0.15) is 24.0 Å². The standard InChI is InChI=1S/C16H17FN2/c1-11-6-7-18-10-15(11)12-2-3-13(16(17)8-12)9-19-14-4-5-14/h2-3,6-8,10,14,19H,4-5,9H2,1H3. The molecule has 1 heterocycles. The Morgan fingerprint density at radius 2 is 2.16 bits per heavy atom. The van der Waals surface area contributed by atoms with Gasteiger partial charge in [0.1, 0.15) is 5.82 Å². The number of pyridine rings is 1. The van der Waals surface area contributed by atoms with Crippen molar-refractivity contribution in [3.05, 3.63) is 53.6 Å². The zero-order valence-electron chi connectivity index (χ0n) is 11.0. The van der Waals surface area contributed by atoms with E-state index in [2.05, 4.69) is 10.3 Å². The molecule has 1 aliphatic carbocycles. The minimum atomic E-state index is -0.145. The van der Waals surface area contributed by atoms with Gasteiger partial charge in [-0.3, -0.25) is 4.98 Å². The summed E-state index contributed by atoms with van der Waals surface area (Å²) >= 11 is 0. The lowest BCUT2D eigenvalue weighted by molar-refractivity contribution is 0.587. The van der Waals surface area contributed by atoms with E-state index in [-0.39, 0.29) is 5.82 Å². The Morgan fingerprint density at radius 1 is 1.32 bits per heavy atom. The molecule has 1 aliphatic rings. The smallest absolute Gasteiger partial charge is 0.128 e. The Morgan fingerprint density at radius 3 is 2.84 bits per heavy atom. The molecule has 1 aromatic heterocycles. The summed E-state index contributed by atoms with van der Waals surface area (Å²) in [5, 5.41) is 3.33. The lowest BCUT2D eigenvalue weighted by Crippen LogP contribution is -2.16. The maximum atomic E-state index is 14.1. The number of aryl methyl sites for hydroxylation is 1. The van der Waals surface area contributed by atoms with Crippen LogP contribution < -0.4 is 5.32 Å². The van der Waals surface area contributed by atoms with Crippen LogP contribution in [0.5, 0.6) is 0 Å². The Kier molecular flexibility index (Phi) is 3.30. The van der Waals surface area contributed by atoms with E-state index < -0.39 is 0 Å². The predicted molar refractivity (Wildman–Crippen MR) is 74.2 cm³/mol. The van der Waals surface area contributed by atoms with Crippen LogP contribution in [-0.2, 0) is 6.54 Å². The first-order chi connectivity index (χ1) is 9.24. The Balaban J connectivity index is 1.84. The lowest BCUT2D eigenvalue weighted by Gasteiger charge is -2.09. The summed E-state index contributed by atoms with van der Waals surface area (Å²) in [6.07, 6.45) is 5.97. The SMILES string of the molecule is Cc1ccncc1-c1ccc(CNC2CC2)c(F)c1. The molecular weight excluding hydrogens is 239 g/mol. The molecule has 98 valence electrons. The van der Waals surface area contributed by atoms with Gasteiger partial charge in [-0.1, -0.05) is 12.1 Å². The minimum Gasteiger partial charge on any atom is -0.310 e. The zero-order valence-corrected chi connectivity index (χ0v) is 11.0. The predicted octanol–water partition coefficient (Wildman–Crippen LogP) is 3.45. The highest BCUT2D eigenvalue weighted by molar-refractivity contribution is 5.66. The number of halogens is 1. The summed E-state index contributed by atoms with van der Waals surface area (Å²) in [4.78, 5) is 4.11. The first-order valence-electron chi connectivity index (χ1n) is 6.67. The molecule has 0 spiro atoms. The van der Waals surface area contributed by atoms with Crippen molar-refractivity contribution >= 4 is 0 Å². The van der Waals surface area contributed by atoms with Crippen molar-refractivity contribution in [3.63, 3.8) is 0 Å². The van der Waals surface area contributed by atoms with Crippen molar-refractivity contribution in [2.75, 3.05) is 0 Å². The monoisotopic (exact) mass is 256 g/mol. The van der Waals surface area contributed by atoms with Gasteiger partial charge in [0, 0.05) is 36.1 Å². The minimum absolute atomic E-state index is 0.145. The number of nitrogens with one attached hydrogen (secondary N) is 1. The summed E-state index contributed by atoms with van der Waals surface area (Å²) in [6.45, 7) is 2.63. The fraction of sp³-hybridized carbons (Fsp3) is 0.312. The van der Waals surface area contributed by atoms with E-state index in [1.807, 2.05) is 25.1 Å². The van der Waals surface area contributed by atoms with Gasteiger partial charge < -0.3 is 5.32 Å². The van der Waals surface area contributed by atoms with E-state index in [1.165, 1.54) is 12.8 Å². The summed E-state index contributed by atoms with van der Waals surface area (Å²) < 4.78 is 14.1. The molecule has 1 N–H and O–H groups in total. The van der Waals surface area contributed by atoms with E-state index >= 15 is 0 Å². The normalized spacial score (nSPS) is 14.6. The molecule has 1 fully saturated rings. The van der Waals surface area contributed by atoms with Gasteiger partial charge in [-0.2, -0.15) is 0 Å². The van der Waals surface area contributed by atoms with Gasteiger partial charge in [-0.05, 0) is 43.0 Å². The van der Waals surface area contributed by atoms with Crippen LogP contribution in [-0.4, -0.2) is 11.0 Å². The third kappa shape index (κ3) is 2.82. The van der Waals surface area contributed by atoms with Gasteiger partial charge in [0.15, 0.2) is 0 Å². The first kappa shape index (κ1) is 12.3. The van der Waals surface area contributed by atoms with Crippen LogP contribution in [0.3, 0.4) is 0 Å². The lowest BCUT2D eigenvalue weighted by atomic mass is 10.0. The third-order valence-electron chi connectivity index (χ3n) is 3.56. The van der Waals surface area contributed by atoms with E-state index in [0.29, 0.717) is 12.6 Å². The maximum Gasteiger partial charge on any atom is 0.128 e. The van der Waals surface area contributed by atoms with Crippen molar-refractivity contribution in [1.82, 2.24) is 10.3 Å². The van der Waals surface area contributed by atoms with Crippen LogP contribution in [0.4, 0.5) is 4.39 Å². The summed E-state index contributed by atoms with van der Waals surface area (Å²) in [6, 6.07) is 7.98. The summed E-state index contributed by atoms with van der Waals surface area (Å²) in [5.41, 5.74) is 3.72. The molecule has 0 atom stereocenters. The fourth-order valence-electron chi connectivity index (χ4n) is 2.17. The van der Waals surface area contributed by atoms with Crippen LogP contribution in [0.15, 0.2) is 36.7 Å². The second-order valence-electron chi connectivity index (χ2n) is 5.15. The topological polar surface area (TPSA) is 24.9 Å². The molecule has 0 aliphatic heterocycles. The largest absolute Gasteiger partial charge is 0.310 e. The highest BCUT2D eigenvalue weighted by Gasteiger charge is 2.20. The molecular formula is C16H17FN2. The Hall–Kier alpha value is -1.74. The quantitative estimate of drug-likeness (QED) is 0.906. The molecule has 0 amide bonds. The second kappa shape index (κ2) is 5.10. The van der Waals surface area contributed by atoms with Crippen LogP contribution in [0.2, 0.25) is 0 Å². The zero-order chi connectivity index (χ0) is 13.2. The van der Waals surface area contributed by atoms with E-state index in [1.54, 1.807) is 18.5 Å². The van der Waals surface area contributed by atoms with Crippen molar-refractivity contribution in [2.45, 2.75) is 32.4 Å². The molecule has 0 unspecified atom stereocenters. The van der Waals surface area contributed by atoms with Gasteiger partial charge >= 0.3 is 0 Å². The molecule has 0 bridgehead atoms. The van der Waals surface area contributed by atoms with Crippen LogP contribution >= 0.6 is 0 Å². The van der Waals surface area contributed by atoms with Crippen LogP contribution in [0.25, 0.3) is 11.1 Å². The summed E-state index contributed by atoms with van der Waals surface area (Å²) in [7, 11) is 0. The number of benzene rings is 1. The maximum absolute atomic E-state index is 14.1. The fourth-order valence-corrected chi connectivity index (χ4v) is 2.17. The number of hydrogen-bond donors (Lipinski definition) is 1. The second-order valence-corrected chi connectivity index (χ2v) is 5.15. The van der Waals surface area contributed by atoms with Crippen molar-refractivity contribution < 1.29 is 4.39 Å². The number of hydrogen-bond acceptors (Lipinski definition) is 2. The van der Waals surface area contributed by atoms with Crippen molar-refractivity contribution in [3.8, 4) is 11.1 Å². The van der Waals surface area contributed by atoms with Gasteiger partial charge in [0.2, 0.25) is 0 Å². The van der Waals surface area contributed by atoms with E-state index in [4.69, 9.17) is 0 Å². The molecule has 2 aromatic rings. The van der Waals surface area contributed by atoms with Gasteiger partial charge in [0.05, 0.1) is 0 Å². The molecule has 1 aromatic carbocycles. The van der Waals surface area contributed by atoms with Crippen molar-refractivity contribution in [2.24, 2.45) is 0 Å². The average Bonchev–Trinajstić information content (AvgIpc) is 3.22. The molecule has 3 heteroatoms. The van der Waals surface area contributed by atoms with Crippen molar-refractivity contribution in [1.29, 1.82) is 0 Å². The van der Waals surface area contributed by atoms with E-state index in [9.17, 15) is 4.39 Å². The number of rotatable bonds is 4. The molecule has 19 heavy (non-hydrogen) atoms. The highest BCUT2D eigenvalue weighted by atomic mass is 19.1. The third-order valence-corrected chi connectivity index (χ3v) is 3.56. The number of nitrogens with zero attached hydrogens (tertiary/aromatic N) is 1. The van der Waals surface area contributed by atoms with Crippen LogP contribution in [0, 0.1) is 12.7 Å². The summed E-state index contributed by atoms with van der Waals surface area (Å²) in [5.74, 6) is -0.145. The average molecular weight is 256 g/mol.